The van der Waals surface area contributed by atoms with Gasteiger partial charge in [-0.1, -0.05) is 25.7 Å². The molecule has 1 aromatic carbocycles. The number of methoxy groups -OCH3 is 1. The van der Waals surface area contributed by atoms with Crippen molar-refractivity contribution in [3.8, 4) is 11.5 Å². The fourth-order valence-corrected chi connectivity index (χ4v) is 3.62. The van der Waals surface area contributed by atoms with E-state index in [9.17, 15) is 4.79 Å². The number of ether oxygens (including phenoxy) is 2. The highest BCUT2D eigenvalue weighted by Crippen LogP contribution is 2.29. The molecule has 1 saturated carbocycles. The van der Waals surface area contributed by atoms with Crippen molar-refractivity contribution in [1.29, 1.82) is 0 Å². The van der Waals surface area contributed by atoms with Gasteiger partial charge in [0.05, 0.1) is 18.3 Å². The molecular formula is C19H24N2O3S. The van der Waals surface area contributed by atoms with Gasteiger partial charge in [0.15, 0.2) is 11.5 Å². The summed E-state index contributed by atoms with van der Waals surface area (Å²) in [4.78, 5) is 16.7. The van der Waals surface area contributed by atoms with E-state index in [4.69, 9.17) is 9.47 Å². The number of amides is 1. The van der Waals surface area contributed by atoms with Gasteiger partial charge in [-0.2, -0.15) is 0 Å². The van der Waals surface area contributed by atoms with Gasteiger partial charge < -0.3 is 14.8 Å². The zero-order chi connectivity index (χ0) is 17.5. The topological polar surface area (TPSA) is 60.5 Å². The smallest absolute Gasteiger partial charge is 0.251 e. The molecule has 6 heteroatoms. The third-order valence-electron chi connectivity index (χ3n) is 4.48. The largest absolute Gasteiger partial charge is 0.493 e. The summed E-state index contributed by atoms with van der Waals surface area (Å²) in [7, 11) is 1.58. The van der Waals surface area contributed by atoms with E-state index in [2.05, 4.69) is 10.3 Å². The second kappa shape index (κ2) is 8.85. The molecule has 5 nitrogen and oxygen atoms in total. The number of nitrogens with zero attached hydrogens (tertiary/aromatic N) is 1. The Balaban J connectivity index is 1.64. The maximum Gasteiger partial charge on any atom is 0.251 e. The lowest BCUT2D eigenvalue weighted by atomic mass is 10.1. The van der Waals surface area contributed by atoms with Crippen molar-refractivity contribution in [2.45, 2.75) is 51.2 Å². The Labute approximate surface area is 152 Å². The van der Waals surface area contributed by atoms with Gasteiger partial charge in [0.25, 0.3) is 5.91 Å². The molecule has 1 aliphatic carbocycles. The van der Waals surface area contributed by atoms with Gasteiger partial charge >= 0.3 is 0 Å². The van der Waals surface area contributed by atoms with Crippen molar-refractivity contribution in [3.05, 3.63) is 40.3 Å². The number of hydrogen-bond acceptors (Lipinski definition) is 5. The van der Waals surface area contributed by atoms with Crippen LogP contribution in [0.1, 0.15) is 54.6 Å². The average molecular weight is 360 g/mol. The third-order valence-corrected chi connectivity index (χ3v) is 5.11. The maximum atomic E-state index is 12.5. The van der Waals surface area contributed by atoms with Gasteiger partial charge in [-0.05, 0) is 31.0 Å². The Kier molecular flexibility index (Phi) is 6.28. The van der Waals surface area contributed by atoms with Crippen LogP contribution in [0.15, 0.2) is 29.1 Å². The summed E-state index contributed by atoms with van der Waals surface area (Å²) < 4.78 is 11.2. The number of hydrogen-bond donors (Lipinski definition) is 1. The van der Waals surface area contributed by atoms with Crippen LogP contribution in [0.2, 0.25) is 0 Å². The van der Waals surface area contributed by atoms with E-state index in [0.717, 1.165) is 18.5 Å². The predicted octanol–water partition coefficient (Wildman–Crippen LogP) is 4.18. The van der Waals surface area contributed by atoms with Crippen LogP contribution in [0.4, 0.5) is 0 Å². The molecule has 1 heterocycles. The molecular weight excluding hydrogens is 336 g/mol. The number of carbonyl (C=O) groups excluding carboxylic acids is 1. The quantitative estimate of drug-likeness (QED) is 0.785. The minimum atomic E-state index is -0.0451. The molecule has 0 aliphatic heterocycles. The van der Waals surface area contributed by atoms with Gasteiger partial charge in [-0.3, -0.25) is 4.79 Å². The first-order chi connectivity index (χ1) is 12.3. The normalized spacial score (nSPS) is 15.4. The van der Waals surface area contributed by atoms with Crippen LogP contribution in [0.5, 0.6) is 11.5 Å². The highest BCUT2D eigenvalue weighted by Gasteiger charge is 2.17. The van der Waals surface area contributed by atoms with E-state index >= 15 is 0 Å². The summed E-state index contributed by atoms with van der Waals surface area (Å²) in [6, 6.07) is 5.59. The summed E-state index contributed by atoms with van der Waals surface area (Å²) >= 11 is 1.53. The lowest BCUT2D eigenvalue weighted by Gasteiger charge is -2.17. The molecule has 0 saturated heterocycles. The van der Waals surface area contributed by atoms with Crippen LogP contribution in [0, 0.1) is 0 Å². The molecule has 1 amide bonds. The van der Waals surface area contributed by atoms with E-state index in [1.807, 2.05) is 5.38 Å². The van der Waals surface area contributed by atoms with E-state index in [0.29, 0.717) is 23.7 Å². The second-order valence-electron chi connectivity index (χ2n) is 6.30. The average Bonchev–Trinajstić information content (AvgIpc) is 3.03. The van der Waals surface area contributed by atoms with Crippen LogP contribution in [0.3, 0.4) is 0 Å². The number of benzene rings is 1. The number of carbonyl (C=O) groups is 1. The molecule has 0 spiro atoms. The second-order valence-corrected chi connectivity index (χ2v) is 7.01. The van der Waals surface area contributed by atoms with Gasteiger partial charge in [0.1, 0.15) is 6.61 Å². The van der Waals surface area contributed by atoms with Crippen LogP contribution < -0.4 is 14.8 Å². The van der Waals surface area contributed by atoms with Gasteiger partial charge in [0.2, 0.25) is 0 Å². The van der Waals surface area contributed by atoms with Crippen molar-refractivity contribution >= 4 is 17.2 Å². The molecule has 0 unspecified atom stereocenters. The molecule has 0 radical (unpaired) electrons. The lowest BCUT2D eigenvalue weighted by molar-refractivity contribution is 0.0933. The van der Waals surface area contributed by atoms with Crippen LogP contribution >= 0.6 is 11.3 Å². The van der Waals surface area contributed by atoms with Gasteiger partial charge in [0, 0.05) is 17.0 Å². The van der Waals surface area contributed by atoms with Crippen LogP contribution in [-0.4, -0.2) is 24.0 Å². The summed E-state index contributed by atoms with van der Waals surface area (Å²) in [5, 5.41) is 5.10. The third kappa shape index (κ3) is 4.95. The van der Waals surface area contributed by atoms with Crippen LogP contribution in [0.25, 0.3) is 0 Å². The minimum absolute atomic E-state index is 0.0451. The first-order valence-electron chi connectivity index (χ1n) is 8.75. The fraction of sp³-hybridized carbons (Fsp3) is 0.474. The highest BCUT2D eigenvalue weighted by atomic mass is 32.1. The monoisotopic (exact) mass is 360 g/mol. The molecule has 134 valence electrons. The SMILES string of the molecule is COc1cc(C(=O)NC2CCCCCC2)ccc1OCc1cscn1. The summed E-state index contributed by atoms with van der Waals surface area (Å²) in [6.45, 7) is 0.382. The molecule has 3 rings (SSSR count). The Morgan fingerprint density at radius 2 is 2.04 bits per heavy atom. The standard InChI is InChI=1S/C19H24N2O3S/c1-23-18-10-14(19(22)21-15-6-4-2-3-5-7-15)8-9-17(18)24-11-16-12-25-13-20-16/h8-10,12-13,15H,2-7,11H2,1H3,(H,21,22). The highest BCUT2D eigenvalue weighted by molar-refractivity contribution is 7.07. The summed E-state index contributed by atoms with van der Waals surface area (Å²) in [5.74, 6) is 1.13. The number of aromatic nitrogens is 1. The summed E-state index contributed by atoms with van der Waals surface area (Å²) in [6.07, 6.45) is 7.06. The minimum Gasteiger partial charge on any atom is -0.493 e. The molecule has 1 fully saturated rings. The van der Waals surface area contributed by atoms with E-state index in [1.165, 1.54) is 37.0 Å². The molecule has 1 aromatic heterocycles. The lowest BCUT2D eigenvalue weighted by Crippen LogP contribution is -2.34. The first kappa shape index (κ1) is 17.7. The van der Waals surface area contributed by atoms with Crippen molar-refractivity contribution in [3.63, 3.8) is 0 Å². The fourth-order valence-electron chi connectivity index (χ4n) is 3.08. The van der Waals surface area contributed by atoms with Crippen molar-refractivity contribution < 1.29 is 14.3 Å². The Morgan fingerprint density at radius 3 is 2.72 bits per heavy atom. The zero-order valence-corrected chi connectivity index (χ0v) is 15.3. The number of rotatable bonds is 6. The van der Waals surface area contributed by atoms with Gasteiger partial charge in [-0.15, -0.1) is 11.3 Å². The zero-order valence-electron chi connectivity index (χ0n) is 14.5. The summed E-state index contributed by atoms with van der Waals surface area (Å²) in [5.41, 5.74) is 3.25. The van der Waals surface area contributed by atoms with E-state index < -0.39 is 0 Å². The Morgan fingerprint density at radius 1 is 1.24 bits per heavy atom. The number of nitrogens with one attached hydrogen (secondary N) is 1. The van der Waals surface area contributed by atoms with E-state index in [1.54, 1.807) is 30.8 Å². The molecule has 1 N–H and O–H groups in total. The molecule has 0 bridgehead atoms. The van der Waals surface area contributed by atoms with Crippen molar-refractivity contribution in [2.24, 2.45) is 0 Å². The number of thiazole rings is 1. The van der Waals surface area contributed by atoms with Gasteiger partial charge in [-0.25, -0.2) is 4.98 Å². The predicted molar refractivity (Wildman–Crippen MR) is 98.4 cm³/mol. The van der Waals surface area contributed by atoms with Crippen molar-refractivity contribution in [1.82, 2.24) is 10.3 Å². The Bertz CT molecular complexity index is 680. The Hall–Kier alpha value is -2.08. The first-order valence-corrected chi connectivity index (χ1v) is 9.69. The van der Waals surface area contributed by atoms with E-state index in [-0.39, 0.29) is 11.9 Å². The maximum absolute atomic E-state index is 12.5. The molecule has 0 atom stereocenters. The van der Waals surface area contributed by atoms with Crippen LogP contribution in [-0.2, 0) is 6.61 Å². The molecule has 1 aliphatic rings. The molecule has 25 heavy (non-hydrogen) atoms. The van der Waals surface area contributed by atoms with Crippen molar-refractivity contribution in [2.75, 3.05) is 7.11 Å². The molecule has 2 aromatic rings.